The van der Waals surface area contributed by atoms with Gasteiger partial charge in [-0.25, -0.2) is 0 Å². The van der Waals surface area contributed by atoms with Crippen LogP contribution in [0.1, 0.15) is 33.3 Å². The van der Waals surface area contributed by atoms with Gasteiger partial charge in [0.15, 0.2) is 0 Å². The van der Waals surface area contributed by atoms with E-state index in [0.29, 0.717) is 0 Å². The lowest BCUT2D eigenvalue weighted by Gasteiger charge is -2.21. The van der Waals surface area contributed by atoms with Crippen molar-refractivity contribution in [2.75, 3.05) is 0 Å². The largest absolute Gasteiger partial charge is 0.0799 e. The predicted octanol–water partition coefficient (Wildman–Crippen LogP) is 4.22. The maximum Gasteiger partial charge on any atom is -0.0132 e. The number of hydrogen-bond acceptors (Lipinski definition) is 0. The van der Waals surface area contributed by atoms with E-state index in [9.17, 15) is 0 Å². The zero-order valence-electron chi connectivity index (χ0n) is 9.67. The molecule has 0 atom stereocenters. The normalized spacial score (nSPS) is 11.1. The zero-order chi connectivity index (χ0) is 10.6. The Bertz CT molecular complexity index is 300. The van der Waals surface area contributed by atoms with Crippen molar-refractivity contribution in [3.8, 4) is 0 Å². The Morgan fingerprint density at radius 1 is 1.14 bits per heavy atom. The Morgan fingerprint density at radius 3 is 2.21 bits per heavy atom. The van der Waals surface area contributed by atoms with Gasteiger partial charge in [0.25, 0.3) is 0 Å². The second-order valence-electron chi connectivity index (χ2n) is 4.87. The first kappa shape index (κ1) is 11.0. The first-order valence-electron chi connectivity index (χ1n) is 5.20. The van der Waals surface area contributed by atoms with E-state index in [2.05, 4.69) is 64.1 Å². The lowest BCUT2D eigenvalue weighted by Crippen LogP contribution is -2.11. The summed E-state index contributed by atoms with van der Waals surface area (Å²) in [5, 5.41) is 0. The van der Waals surface area contributed by atoms with Crippen molar-refractivity contribution in [3.63, 3.8) is 0 Å². The van der Waals surface area contributed by atoms with Gasteiger partial charge in [-0.1, -0.05) is 55.8 Å². The molecule has 0 heterocycles. The van der Waals surface area contributed by atoms with Gasteiger partial charge >= 0.3 is 0 Å². The van der Waals surface area contributed by atoms with Crippen LogP contribution in [0.3, 0.4) is 0 Å². The van der Waals surface area contributed by atoms with E-state index >= 15 is 0 Å². The maximum absolute atomic E-state index is 2.35. The summed E-state index contributed by atoms with van der Waals surface area (Å²) in [4.78, 5) is 0. The molecule has 0 saturated heterocycles. The van der Waals surface area contributed by atoms with Gasteiger partial charge in [0.05, 0.1) is 0 Å². The summed E-state index contributed by atoms with van der Waals surface area (Å²) in [5.41, 5.74) is 3.07. The first-order chi connectivity index (χ1) is 6.49. The first-order valence-corrected chi connectivity index (χ1v) is 5.20. The summed E-state index contributed by atoms with van der Waals surface area (Å²) < 4.78 is 0. The molecule has 0 aliphatic carbocycles. The molecule has 0 aliphatic rings. The standard InChI is InChI=1S/C14H20/c1-12(2)10-14(3,4)11-13-8-6-5-7-9-13/h5-10H,11H2,1-4H3. The van der Waals surface area contributed by atoms with Crippen LogP contribution in [0, 0.1) is 5.41 Å². The van der Waals surface area contributed by atoms with Gasteiger partial charge in [0, 0.05) is 0 Å². The molecular formula is C14H20. The van der Waals surface area contributed by atoms with E-state index in [1.165, 1.54) is 11.1 Å². The van der Waals surface area contributed by atoms with E-state index in [0.717, 1.165) is 6.42 Å². The van der Waals surface area contributed by atoms with Gasteiger partial charge in [-0.3, -0.25) is 0 Å². The topological polar surface area (TPSA) is 0 Å². The quantitative estimate of drug-likeness (QED) is 0.623. The lowest BCUT2D eigenvalue weighted by molar-refractivity contribution is 0.474. The second-order valence-corrected chi connectivity index (χ2v) is 4.87. The SMILES string of the molecule is CC(C)=CC(C)(C)Cc1ccccc1. The summed E-state index contributed by atoms with van der Waals surface area (Å²) in [6, 6.07) is 10.7. The van der Waals surface area contributed by atoms with Crippen molar-refractivity contribution in [1.82, 2.24) is 0 Å². The summed E-state index contributed by atoms with van der Waals surface area (Å²) in [6.45, 7) is 8.89. The van der Waals surface area contributed by atoms with Crippen LogP contribution < -0.4 is 0 Å². The Morgan fingerprint density at radius 2 is 1.71 bits per heavy atom. The van der Waals surface area contributed by atoms with E-state index in [1.807, 2.05) is 0 Å². The van der Waals surface area contributed by atoms with Gasteiger partial charge in [-0.05, 0) is 31.2 Å². The molecule has 0 bridgehead atoms. The molecule has 0 saturated carbocycles. The zero-order valence-corrected chi connectivity index (χ0v) is 9.67. The van der Waals surface area contributed by atoms with Crippen LogP contribution in [0.2, 0.25) is 0 Å². The minimum absolute atomic E-state index is 0.264. The molecule has 0 heteroatoms. The summed E-state index contributed by atoms with van der Waals surface area (Å²) >= 11 is 0. The number of rotatable bonds is 3. The molecule has 0 spiro atoms. The van der Waals surface area contributed by atoms with Crippen molar-refractivity contribution < 1.29 is 0 Å². The Hall–Kier alpha value is -1.04. The highest BCUT2D eigenvalue weighted by atomic mass is 14.2. The lowest BCUT2D eigenvalue weighted by atomic mass is 9.84. The molecule has 76 valence electrons. The summed E-state index contributed by atoms with van der Waals surface area (Å²) in [7, 11) is 0. The second kappa shape index (κ2) is 4.45. The van der Waals surface area contributed by atoms with Crippen molar-refractivity contribution in [2.24, 2.45) is 5.41 Å². The number of hydrogen-bond donors (Lipinski definition) is 0. The molecule has 14 heavy (non-hydrogen) atoms. The molecule has 0 amide bonds. The van der Waals surface area contributed by atoms with Crippen LogP contribution in [0.5, 0.6) is 0 Å². The molecular weight excluding hydrogens is 168 g/mol. The third-order valence-electron chi connectivity index (χ3n) is 2.18. The molecule has 1 rings (SSSR count). The molecule has 0 aromatic heterocycles. The number of benzene rings is 1. The minimum atomic E-state index is 0.264. The van der Waals surface area contributed by atoms with Crippen molar-refractivity contribution in [1.29, 1.82) is 0 Å². The van der Waals surface area contributed by atoms with Crippen molar-refractivity contribution in [2.45, 2.75) is 34.1 Å². The summed E-state index contributed by atoms with van der Waals surface area (Å²) in [6.07, 6.45) is 3.46. The Kier molecular flexibility index (Phi) is 3.51. The molecule has 0 N–H and O–H groups in total. The highest BCUT2D eigenvalue weighted by Crippen LogP contribution is 2.24. The van der Waals surface area contributed by atoms with E-state index in [1.54, 1.807) is 0 Å². The van der Waals surface area contributed by atoms with Crippen LogP contribution in [-0.2, 0) is 6.42 Å². The highest BCUT2D eigenvalue weighted by molar-refractivity contribution is 5.18. The monoisotopic (exact) mass is 188 g/mol. The number of allylic oxidation sites excluding steroid dienone is 2. The molecule has 0 aliphatic heterocycles. The van der Waals surface area contributed by atoms with Crippen LogP contribution in [0.25, 0.3) is 0 Å². The summed E-state index contributed by atoms with van der Waals surface area (Å²) in [5.74, 6) is 0. The predicted molar refractivity (Wildman–Crippen MR) is 63.4 cm³/mol. The van der Waals surface area contributed by atoms with E-state index < -0.39 is 0 Å². The molecule has 0 nitrogen and oxygen atoms in total. The third-order valence-corrected chi connectivity index (χ3v) is 2.18. The minimum Gasteiger partial charge on any atom is -0.0799 e. The molecule has 1 aromatic carbocycles. The fourth-order valence-electron chi connectivity index (χ4n) is 1.95. The third kappa shape index (κ3) is 3.78. The van der Waals surface area contributed by atoms with Gasteiger partial charge in [-0.2, -0.15) is 0 Å². The highest BCUT2D eigenvalue weighted by Gasteiger charge is 2.14. The smallest absolute Gasteiger partial charge is 0.0132 e. The van der Waals surface area contributed by atoms with Crippen LogP contribution in [0.15, 0.2) is 42.0 Å². The Balaban J connectivity index is 2.74. The Labute approximate surface area is 87.7 Å². The van der Waals surface area contributed by atoms with Gasteiger partial charge < -0.3 is 0 Å². The molecule has 0 unspecified atom stereocenters. The fraction of sp³-hybridized carbons (Fsp3) is 0.429. The maximum atomic E-state index is 2.35. The van der Waals surface area contributed by atoms with Crippen LogP contribution in [-0.4, -0.2) is 0 Å². The van der Waals surface area contributed by atoms with E-state index in [4.69, 9.17) is 0 Å². The van der Waals surface area contributed by atoms with Crippen molar-refractivity contribution >= 4 is 0 Å². The van der Waals surface area contributed by atoms with Crippen LogP contribution in [0.4, 0.5) is 0 Å². The van der Waals surface area contributed by atoms with Crippen LogP contribution >= 0.6 is 0 Å². The van der Waals surface area contributed by atoms with Gasteiger partial charge in [0.2, 0.25) is 0 Å². The van der Waals surface area contributed by atoms with Crippen molar-refractivity contribution in [3.05, 3.63) is 47.5 Å². The van der Waals surface area contributed by atoms with Gasteiger partial charge in [0.1, 0.15) is 0 Å². The van der Waals surface area contributed by atoms with Gasteiger partial charge in [-0.15, -0.1) is 0 Å². The average molecular weight is 188 g/mol. The average Bonchev–Trinajstić information content (AvgIpc) is 2.02. The van der Waals surface area contributed by atoms with E-state index in [-0.39, 0.29) is 5.41 Å². The molecule has 0 fully saturated rings. The molecule has 0 radical (unpaired) electrons. The molecule has 1 aromatic rings. The fourth-order valence-corrected chi connectivity index (χ4v) is 1.95.